The third kappa shape index (κ3) is 4.45. The van der Waals surface area contributed by atoms with Gasteiger partial charge in [0.15, 0.2) is 6.10 Å². The highest BCUT2D eigenvalue weighted by Crippen LogP contribution is 2.24. The maximum absolute atomic E-state index is 12.2. The summed E-state index contributed by atoms with van der Waals surface area (Å²) in [5.74, 6) is -1.36. The van der Waals surface area contributed by atoms with Crippen LogP contribution in [-0.2, 0) is 9.47 Å². The molecule has 1 aliphatic rings. The van der Waals surface area contributed by atoms with E-state index in [4.69, 9.17) is 9.47 Å². The molecule has 0 amide bonds. The minimum atomic E-state index is -1.52. The molecule has 0 radical (unpaired) electrons. The van der Waals surface area contributed by atoms with Crippen molar-refractivity contribution in [3.63, 3.8) is 0 Å². The van der Waals surface area contributed by atoms with Gasteiger partial charge >= 0.3 is 11.9 Å². The van der Waals surface area contributed by atoms with Gasteiger partial charge in [0.05, 0.1) is 11.1 Å². The fraction of sp³-hybridized carbons (Fsp3) is 0.238. The number of aliphatic hydroxyl groups is 3. The molecule has 0 aromatic heterocycles. The zero-order valence-electron chi connectivity index (χ0n) is 14.8. The van der Waals surface area contributed by atoms with E-state index in [1.54, 1.807) is 48.5 Å². The van der Waals surface area contributed by atoms with E-state index in [2.05, 4.69) is 0 Å². The van der Waals surface area contributed by atoms with Crippen LogP contribution in [0.2, 0.25) is 0 Å². The number of aliphatic hydroxyl groups excluding tert-OH is 3. The number of carbonyl (C=O) groups excluding carboxylic acids is 2. The Balaban J connectivity index is 1.68. The van der Waals surface area contributed by atoms with Crippen LogP contribution < -0.4 is 0 Å². The number of hydrogen-bond donors (Lipinski definition) is 3. The lowest BCUT2D eigenvalue weighted by Gasteiger charge is -2.34. The fourth-order valence-corrected chi connectivity index (χ4v) is 2.85. The maximum atomic E-state index is 12.2. The van der Waals surface area contributed by atoms with Crippen LogP contribution in [0, 0.1) is 0 Å². The topological polar surface area (TPSA) is 113 Å². The summed E-state index contributed by atoms with van der Waals surface area (Å²) in [7, 11) is 0. The van der Waals surface area contributed by atoms with Crippen LogP contribution >= 0.6 is 0 Å². The second-order valence-corrected chi connectivity index (χ2v) is 6.35. The lowest BCUT2D eigenvalue weighted by Crippen LogP contribution is -2.51. The van der Waals surface area contributed by atoms with Crippen LogP contribution in [-0.4, -0.2) is 58.3 Å². The molecule has 0 aliphatic heterocycles. The molecule has 3 N–H and O–H groups in total. The fourth-order valence-electron chi connectivity index (χ4n) is 2.85. The molecule has 0 saturated carbocycles. The highest BCUT2D eigenvalue weighted by atomic mass is 16.6. The van der Waals surface area contributed by atoms with E-state index in [1.165, 1.54) is 18.2 Å². The lowest BCUT2D eigenvalue weighted by molar-refractivity contribution is -0.103. The van der Waals surface area contributed by atoms with E-state index >= 15 is 0 Å². The van der Waals surface area contributed by atoms with Gasteiger partial charge in [-0.2, -0.15) is 0 Å². The lowest BCUT2D eigenvalue weighted by atomic mass is 9.89. The molecule has 28 heavy (non-hydrogen) atoms. The monoisotopic (exact) mass is 384 g/mol. The molecule has 146 valence electrons. The number of hydrogen-bond acceptors (Lipinski definition) is 7. The maximum Gasteiger partial charge on any atom is 0.338 e. The van der Waals surface area contributed by atoms with Gasteiger partial charge in [-0.1, -0.05) is 36.4 Å². The number of esters is 2. The van der Waals surface area contributed by atoms with Crippen molar-refractivity contribution in [1.82, 2.24) is 0 Å². The van der Waals surface area contributed by atoms with Crippen LogP contribution in [0.1, 0.15) is 20.7 Å². The zero-order valence-corrected chi connectivity index (χ0v) is 14.8. The quantitative estimate of drug-likeness (QED) is 0.522. The van der Waals surface area contributed by atoms with Gasteiger partial charge in [0, 0.05) is 0 Å². The minimum Gasteiger partial charge on any atom is -0.457 e. The standard InChI is InChI=1S/C21H20O7/c22-16-11-15(12-27-20(25)13-7-3-1-4-8-13)17(23)19(18(16)24)28-21(26)14-9-5-2-6-10-14/h1-11,16-19,22-24H,12H2/t16-,17-,18+,19-/m1/s1. The van der Waals surface area contributed by atoms with Gasteiger partial charge < -0.3 is 24.8 Å². The molecule has 1 aliphatic carbocycles. The molecule has 0 bridgehead atoms. The summed E-state index contributed by atoms with van der Waals surface area (Å²) in [5.41, 5.74) is 0.706. The van der Waals surface area contributed by atoms with Crippen LogP contribution in [0.15, 0.2) is 72.3 Å². The van der Waals surface area contributed by atoms with Crippen molar-refractivity contribution in [3.8, 4) is 0 Å². The minimum absolute atomic E-state index is 0.132. The highest BCUT2D eigenvalue weighted by molar-refractivity contribution is 5.90. The van der Waals surface area contributed by atoms with Gasteiger partial charge in [0.1, 0.15) is 24.9 Å². The van der Waals surface area contributed by atoms with Gasteiger partial charge in [0.2, 0.25) is 0 Å². The van der Waals surface area contributed by atoms with Crippen LogP contribution in [0.25, 0.3) is 0 Å². The van der Waals surface area contributed by atoms with Crippen molar-refractivity contribution in [3.05, 3.63) is 83.4 Å². The van der Waals surface area contributed by atoms with E-state index in [1.807, 2.05) is 0 Å². The second-order valence-electron chi connectivity index (χ2n) is 6.35. The molecule has 0 spiro atoms. The van der Waals surface area contributed by atoms with E-state index in [9.17, 15) is 24.9 Å². The molecular formula is C21H20O7. The average molecular weight is 384 g/mol. The summed E-state index contributed by atoms with van der Waals surface area (Å²) in [6.45, 7) is -0.321. The number of ether oxygens (including phenoxy) is 2. The predicted molar refractivity (Wildman–Crippen MR) is 98.5 cm³/mol. The summed E-state index contributed by atoms with van der Waals surface area (Å²) in [4.78, 5) is 24.3. The van der Waals surface area contributed by atoms with Gasteiger partial charge in [-0.3, -0.25) is 0 Å². The van der Waals surface area contributed by atoms with E-state index in [0.717, 1.165) is 0 Å². The van der Waals surface area contributed by atoms with Crippen molar-refractivity contribution in [2.75, 3.05) is 6.61 Å². The van der Waals surface area contributed by atoms with Crippen molar-refractivity contribution < 1.29 is 34.4 Å². The van der Waals surface area contributed by atoms with E-state index in [0.29, 0.717) is 5.56 Å². The predicted octanol–water partition coefficient (Wildman–Crippen LogP) is 1.09. The van der Waals surface area contributed by atoms with Gasteiger partial charge in [0.25, 0.3) is 0 Å². The third-order valence-electron chi connectivity index (χ3n) is 4.39. The van der Waals surface area contributed by atoms with Gasteiger partial charge in [-0.05, 0) is 35.9 Å². The third-order valence-corrected chi connectivity index (χ3v) is 4.39. The molecule has 7 heteroatoms. The smallest absolute Gasteiger partial charge is 0.338 e. The molecule has 7 nitrogen and oxygen atoms in total. The van der Waals surface area contributed by atoms with Crippen LogP contribution in [0.5, 0.6) is 0 Å². The number of carbonyl (C=O) groups is 2. The van der Waals surface area contributed by atoms with Crippen molar-refractivity contribution in [2.45, 2.75) is 24.4 Å². The van der Waals surface area contributed by atoms with Crippen LogP contribution in [0.4, 0.5) is 0 Å². The zero-order chi connectivity index (χ0) is 20.1. The van der Waals surface area contributed by atoms with Gasteiger partial charge in [-0.15, -0.1) is 0 Å². The summed E-state index contributed by atoms with van der Waals surface area (Å²) in [5, 5.41) is 30.7. The summed E-state index contributed by atoms with van der Waals surface area (Å²) in [6, 6.07) is 16.4. The first kappa shape index (κ1) is 19.8. The number of rotatable bonds is 5. The molecule has 2 aromatic rings. The molecule has 0 heterocycles. The molecule has 2 aromatic carbocycles. The summed E-state index contributed by atoms with van der Waals surface area (Å²) in [6.07, 6.45) is -4.55. The first-order valence-electron chi connectivity index (χ1n) is 8.70. The van der Waals surface area contributed by atoms with E-state index < -0.39 is 36.4 Å². The van der Waals surface area contributed by atoms with Crippen molar-refractivity contribution in [2.24, 2.45) is 0 Å². The largest absolute Gasteiger partial charge is 0.457 e. The molecule has 0 unspecified atom stereocenters. The summed E-state index contributed by atoms with van der Waals surface area (Å²) < 4.78 is 10.4. The van der Waals surface area contributed by atoms with Crippen molar-refractivity contribution in [1.29, 1.82) is 0 Å². The van der Waals surface area contributed by atoms with E-state index in [-0.39, 0.29) is 17.7 Å². The molecule has 0 fully saturated rings. The normalized spacial score (nSPS) is 24.2. The summed E-state index contributed by atoms with van der Waals surface area (Å²) >= 11 is 0. The Morgan fingerprint density at radius 3 is 1.93 bits per heavy atom. The SMILES string of the molecule is O=C(OCC1=C[C@@H](O)[C@H](O)[C@H](OC(=O)c2ccccc2)[C@@H]1O)c1ccccc1. The Morgan fingerprint density at radius 1 is 0.821 bits per heavy atom. The Morgan fingerprint density at radius 2 is 1.36 bits per heavy atom. The Kier molecular flexibility index (Phi) is 6.20. The Bertz CT molecular complexity index is 848. The molecule has 3 rings (SSSR count). The van der Waals surface area contributed by atoms with Crippen molar-refractivity contribution >= 4 is 11.9 Å². The first-order chi connectivity index (χ1) is 13.5. The van der Waals surface area contributed by atoms with Gasteiger partial charge in [-0.25, -0.2) is 9.59 Å². The Labute approximate surface area is 161 Å². The first-order valence-corrected chi connectivity index (χ1v) is 8.70. The molecule has 0 saturated heterocycles. The van der Waals surface area contributed by atoms with Crippen LogP contribution in [0.3, 0.4) is 0 Å². The number of benzene rings is 2. The average Bonchev–Trinajstić information content (AvgIpc) is 2.73. The Hall–Kier alpha value is -3.00. The molecular weight excluding hydrogens is 364 g/mol. The highest BCUT2D eigenvalue weighted by Gasteiger charge is 2.41. The second kappa shape index (κ2) is 8.79. The molecule has 4 atom stereocenters.